The number of amides is 5. The van der Waals surface area contributed by atoms with Crippen LogP contribution in [0.4, 0.5) is 0 Å². The van der Waals surface area contributed by atoms with Crippen LogP contribution in [0, 0.1) is 0 Å². The van der Waals surface area contributed by atoms with Gasteiger partial charge in [-0.1, -0.05) is 0 Å². The quantitative estimate of drug-likeness (QED) is 0.0903. The van der Waals surface area contributed by atoms with E-state index in [1.807, 2.05) is 5.32 Å². The van der Waals surface area contributed by atoms with Crippen LogP contribution in [0.15, 0.2) is 0 Å². The van der Waals surface area contributed by atoms with E-state index in [2.05, 4.69) is 10.6 Å². The Bertz CT molecular complexity index is 718. The van der Waals surface area contributed by atoms with Gasteiger partial charge in [-0.2, -0.15) is 0 Å². The summed E-state index contributed by atoms with van der Waals surface area (Å²) in [6.07, 6.45) is 0.185. The van der Waals surface area contributed by atoms with Gasteiger partial charge in [0, 0.05) is 6.42 Å². The Hall–Kier alpha value is -3.30. The van der Waals surface area contributed by atoms with Gasteiger partial charge < -0.3 is 49.1 Å². The number of nitrogens with two attached hydrogens (primary N) is 4. The van der Waals surface area contributed by atoms with Crippen molar-refractivity contribution >= 4 is 35.5 Å². The molecule has 0 rings (SSSR count). The van der Waals surface area contributed by atoms with Crippen molar-refractivity contribution in [3.8, 4) is 0 Å². The molecule has 0 aliphatic carbocycles. The van der Waals surface area contributed by atoms with E-state index in [1.54, 1.807) is 0 Å². The molecule has 0 spiro atoms. The number of aliphatic hydroxyl groups is 1. The molecule has 4 atom stereocenters. The third kappa shape index (κ3) is 12.4. The molecule has 0 aliphatic heterocycles. The van der Waals surface area contributed by atoms with E-state index in [-0.39, 0.29) is 19.3 Å². The van der Waals surface area contributed by atoms with Crippen LogP contribution >= 0.6 is 0 Å². The maximum Gasteiger partial charge on any atom is 0.328 e. The highest BCUT2D eigenvalue weighted by Crippen LogP contribution is 2.05. The molecule has 5 amide bonds. The molecule has 0 aliphatic rings. The van der Waals surface area contributed by atoms with Crippen LogP contribution in [-0.2, 0) is 28.8 Å². The van der Waals surface area contributed by atoms with Gasteiger partial charge in [-0.05, 0) is 32.2 Å². The lowest BCUT2D eigenvalue weighted by atomic mass is 10.1. The molecule has 0 radical (unpaired) electrons. The van der Waals surface area contributed by atoms with Gasteiger partial charge in [0.25, 0.3) is 0 Å². The topological polar surface area (TPSA) is 283 Å². The molecule has 0 heterocycles. The minimum absolute atomic E-state index is 0.0528. The summed E-state index contributed by atoms with van der Waals surface area (Å²) < 4.78 is 0. The van der Waals surface area contributed by atoms with Crippen molar-refractivity contribution in [3.63, 3.8) is 0 Å². The summed E-state index contributed by atoms with van der Waals surface area (Å²) in [6, 6.07) is -5.55. The van der Waals surface area contributed by atoms with Crippen molar-refractivity contribution in [2.24, 2.45) is 22.9 Å². The molecule has 0 saturated heterocycles. The number of carboxylic acids is 1. The molecule has 0 bridgehead atoms. The number of hydrogen-bond donors (Lipinski definition) is 9. The number of aliphatic carboxylic acids is 1. The van der Waals surface area contributed by atoms with Crippen LogP contribution in [0.1, 0.15) is 38.5 Å². The van der Waals surface area contributed by atoms with Crippen molar-refractivity contribution < 1.29 is 39.0 Å². The third-order valence-electron chi connectivity index (χ3n) is 4.45. The molecule has 33 heavy (non-hydrogen) atoms. The molecule has 0 aromatic rings. The molecule has 0 fully saturated rings. The molecular formula is C18H33N7O8. The molecule has 0 aromatic carbocycles. The highest BCUT2D eigenvalue weighted by atomic mass is 16.4. The minimum atomic E-state index is -1.67. The Labute approximate surface area is 190 Å². The number of carbonyl (C=O) groups excluding carboxylic acids is 5. The fourth-order valence-corrected chi connectivity index (χ4v) is 2.61. The second-order valence-electron chi connectivity index (χ2n) is 7.27. The first kappa shape index (κ1) is 29.7. The van der Waals surface area contributed by atoms with E-state index in [9.17, 15) is 28.8 Å². The second-order valence-corrected chi connectivity index (χ2v) is 7.27. The number of aliphatic hydroxyl groups excluding tert-OH is 1. The van der Waals surface area contributed by atoms with E-state index in [1.165, 1.54) is 0 Å². The summed E-state index contributed by atoms with van der Waals surface area (Å²) >= 11 is 0. The van der Waals surface area contributed by atoms with Gasteiger partial charge in [-0.25, -0.2) is 4.79 Å². The molecule has 15 nitrogen and oxygen atoms in total. The lowest BCUT2D eigenvalue weighted by molar-refractivity contribution is -0.143. The summed E-state index contributed by atoms with van der Waals surface area (Å²) in [5.41, 5.74) is 21.3. The van der Waals surface area contributed by atoms with Gasteiger partial charge in [0.15, 0.2) is 0 Å². The van der Waals surface area contributed by atoms with Gasteiger partial charge in [0.1, 0.15) is 18.1 Å². The van der Waals surface area contributed by atoms with Crippen molar-refractivity contribution in [1.82, 2.24) is 16.0 Å². The second kappa shape index (κ2) is 15.5. The van der Waals surface area contributed by atoms with Crippen molar-refractivity contribution in [1.29, 1.82) is 0 Å². The van der Waals surface area contributed by atoms with Gasteiger partial charge in [0.05, 0.1) is 19.1 Å². The van der Waals surface area contributed by atoms with E-state index in [0.717, 1.165) is 0 Å². The predicted octanol–water partition coefficient (Wildman–Crippen LogP) is -4.89. The van der Waals surface area contributed by atoms with Crippen molar-refractivity contribution in [3.05, 3.63) is 0 Å². The molecule has 0 saturated carbocycles. The molecule has 13 N–H and O–H groups in total. The number of hydrogen-bond acceptors (Lipinski definition) is 9. The van der Waals surface area contributed by atoms with E-state index in [0.29, 0.717) is 19.4 Å². The van der Waals surface area contributed by atoms with Crippen molar-refractivity contribution in [2.75, 3.05) is 13.2 Å². The van der Waals surface area contributed by atoms with E-state index < -0.39 is 72.7 Å². The fraction of sp³-hybridized carbons (Fsp3) is 0.667. The first-order valence-electron chi connectivity index (χ1n) is 10.2. The zero-order valence-electron chi connectivity index (χ0n) is 18.1. The number of nitrogens with one attached hydrogen (secondary N) is 3. The van der Waals surface area contributed by atoms with Crippen LogP contribution in [0.2, 0.25) is 0 Å². The summed E-state index contributed by atoms with van der Waals surface area (Å²) in [5.74, 6) is -5.84. The first-order chi connectivity index (χ1) is 15.4. The average Bonchev–Trinajstić information content (AvgIpc) is 2.73. The molecular weight excluding hydrogens is 442 g/mol. The Morgan fingerprint density at radius 1 is 0.758 bits per heavy atom. The van der Waals surface area contributed by atoms with Crippen LogP contribution in [0.3, 0.4) is 0 Å². The lowest BCUT2D eigenvalue weighted by Crippen LogP contribution is -2.58. The number of rotatable bonds is 17. The first-order valence-corrected chi connectivity index (χ1v) is 10.2. The number of primary amides is 2. The van der Waals surface area contributed by atoms with Gasteiger partial charge in [-0.3, -0.25) is 24.0 Å². The summed E-state index contributed by atoms with van der Waals surface area (Å²) in [6.45, 7) is -0.607. The average molecular weight is 476 g/mol. The van der Waals surface area contributed by atoms with Crippen LogP contribution < -0.4 is 38.9 Å². The molecule has 0 aromatic heterocycles. The third-order valence-corrected chi connectivity index (χ3v) is 4.45. The lowest BCUT2D eigenvalue weighted by Gasteiger charge is -2.24. The summed E-state index contributed by atoms with van der Waals surface area (Å²) in [4.78, 5) is 70.7. The van der Waals surface area contributed by atoms with Gasteiger partial charge in [-0.15, -0.1) is 0 Å². The molecule has 188 valence electrons. The Balaban J connectivity index is 5.41. The monoisotopic (exact) mass is 475 g/mol. The van der Waals surface area contributed by atoms with E-state index >= 15 is 0 Å². The molecule has 4 unspecified atom stereocenters. The standard InChI is InChI=1S/C18H33N7O8/c19-6-2-1-3-10(23-15(29)9(20)4-5-13(21)27)16(30)24-11(7-14(22)28)17(31)25-12(8-26)18(32)33/h9-12,26H,1-8,19-20H2,(H2,21,27)(H2,22,28)(H,23,29)(H,24,30)(H,25,31)(H,32,33). The van der Waals surface area contributed by atoms with Crippen LogP contribution in [0.25, 0.3) is 0 Å². The maximum absolute atomic E-state index is 12.8. The highest BCUT2D eigenvalue weighted by molar-refractivity contribution is 5.96. The largest absolute Gasteiger partial charge is 0.480 e. The number of unbranched alkanes of at least 4 members (excludes halogenated alkanes) is 1. The predicted molar refractivity (Wildman–Crippen MR) is 114 cm³/mol. The fourth-order valence-electron chi connectivity index (χ4n) is 2.61. The highest BCUT2D eigenvalue weighted by Gasteiger charge is 2.31. The van der Waals surface area contributed by atoms with E-state index in [4.69, 9.17) is 33.1 Å². The maximum atomic E-state index is 12.8. The Morgan fingerprint density at radius 3 is 1.79 bits per heavy atom. The SMILES string of the molecule is NCCCCC(NC(=O)C(N)CCC(N)=O)C(=O)NC(CC(N)=O)C(=O)NC(CO)C(=O)O. The van der Waals surface area contributed by atoms with Gasteiger partial charge in [0.2, 0.25) is 29.5 Å². The molecule has 15 heteroatoms. The van der Waals surface area contributed by atoms with Crippen LogP contribution in [-0.4, -0.2) is 83.0 Å². The summed E-state index contributed by atoms with van der Waals surface area (Å²) in [5, 5.41) is 24.7. The Kier molecular flexibility index (Phi) is 13.9. The Morgan fingerprint density at radius 2 is 1.30 bits per heavy atom. The van der Waals surface area contributed by atoms with Gasteiger partial charge >= 0.3 is 5.97 Å². The van der Waals surface area contributed by atoms with Crippen molar-refractivity contribution in [2.45, 2.75) is 62.7 Å². The summed E-state index contributed by atoms with van der Waals surface area (Å²) in [7, 11) is 0. The zero-order valence-corrected chi connectivity index (χ0v) is 18.1. The zero-order chi connectivity index (χ0) is 25.6. The normalized spacial score (nSPS) is 14.3. The number of carboxylic acid groups (broad SMARTS) is 1. The van der Waals surface area contributed by atoms with Crippen LogP contribution in [0.5, 0.6) is 0 Å². The number of carbonyl (C=O) groups is 6. The smallest absolute Gasteiger partial charge is 0.328 e. The minimum Gasteiger partial charge on any atom is -0.480 e.